The molecule has 2 aliphatic rings. The van der Waals surface area contributed by atoms with Crippen molar-refractivity contribution in [2.75, 3.05) is 19.6 Å². The summed E-state index contributed by atoms with van der Waals surface area (Å²) in [6.07, 6.45) is 4.88. The largest absolute Gasteiger partial charge is 0.473 e. The number of rotatable bonds is 3. The number of aliphatic carboxylic acids is 2. The zero-order valence-corrected chi connectivity index (χ0v) is 16.8. The molecule has 2 aromatic rings. The van der Waals surface area contributed by atoms with Gasteiger partial charge in [-0.15, -0.1) is 11.3 Å². The third kappa shape index (κ3) is 5.18. The van der Waals surface area contributed by atoms with E-state index in [4.69, 9.17) is 19.8 Å². The van der Waals surface area contributed by atoms with Crippen LogP contribution < -0.4 is 0 Å². The first-order chi connectivity index (χ1) is 13.8. The maximum absolute atomic E-state index is 12.8. The first-order valence-electron chi connectivity index (χ1n) is 9.28. The van der Waals surface area contributed by atoms with Crippen LogP contribution in [0, 0.1) is 12.8 Å². The molecule has 2 N–H and O–H groups in total. The summed E-state index contributed by atoms with van der Waals surface area (Å²) in [4.78, 5) is 40.6. The number of nitrogens with zero attached hydrogens (tertiary/aromatic N) is 3. The highest BCUT2D eigenvalue weighted by atomic mass is 32.1. The molecule has 29 heavy (non-hydrogen) atoms. The zero-order chi connectivity index (χ0) is 21.0. The Labute approximate surface area is 172 Å². The van der Waals surface area contributed by atoms with Gasteiger partial charge in [-0.3, -0.25) is 14.7 Å². The molecule has 0 saturated carbocycles. The number of carboxylic acid groups (broad SMARTS) is 2. The second-order valence-corrected chi connectivity index (χ2v) is 8.18. The lowest BCUT2D eigenvalue weighted by atomic mass is 10.1. The molecule has 0 radical (unpaired) electrons. The minimum atomic E-state index is -1.82. The fourth-order valence-electron chi connectivity index (χ4n) is 3.86. The van der Waals surface area contributed by atoms with Gasteiger partial charge in [0.25, 0.3) is 5.91 Å². The summed E-state index contributed by atoms with van der Waals surface area (Å²) >= 11 is 1.57. The Morgan fingerprint density at radius 2 is 2.00 bits per heavy atom. The Kier molecular flexibility index (Phi) is 6.60. The average molecular weight is 417 g/mol. The van der Waals surface area contributed by atoms with E-state index in [1.165, 1.54) is 11.1 Å². The van der Waals surface area contributed by atoms with Crippen molar-refractivity contribution >= 4 is 29.2 Å². The van der Waals surface area contributed by atoms with Crippen LogP contribution >= 0.6 is 11.3 Å². The predicted octanol–water partition coefficient (Wildman–Crippen LogP) is 1.95. The minimum Gasteiger partial charge on any atom is -0.473 e. The fraction of sp³-hybridized carbons (Fsp3) is 0.400. The SMILES string of the molecule is Cc1csc(C(=O)N2CC[C@H]3CN(Cc4cccnc4)C[C@H]32)c1.O=C(O)C(=O)O. The van der Waals surface area contributed by atoms with E-state index in [1.807, 2.05) is 31.5 Å². The number of aryl methyl sites for hydroxylation is 1. The molecule has 2 fully saturated rings. The molecule has 0 aromatic carbocycles. The number of carbonyl (C=O) groups is 3. The van der Waals surface area contributed by atoms with Crippen molar-refractivity contribution in [3.05, 3.63) is 52.0 Å². The summed E-state index contributed by atoms with van der Waals surface area (Å²) in [7, 11) is 0. The summed E-state index contributed by atoms with van der Waals surface area (Å²) in [5.74, 6) is -2.81. The quantitative estimate of drug-likeness (QED) is 0.734. The van der Waals surface area contributed by atoms with Gasteiger partial charge >= 0.3 is 11.9 Å². The monoisotopic (exact) mass is 417 g/mol. The number of thiophene rings is 1. The van der Waals surface area contributed by atoms with Crippen molar-refractivity contribution in [2.24, 2.45) is 5.92 Å². The molecule has 154 valence electrons. The first-order valence-corrected chi connectivity index (χ1v) is 10.2. The third-order valence-electron chi connectivity index (χ3n) is 5.14. The van der Waals surface area contributed by atoms with Crippen molar-refractivity contribution in [3.8, 4) is 0 Å². The molecule has 2 aromatic heterocycles. The number of fused-ring (bicyclic) bond motifs is 1. The van der Waals surface area contributed by atoms with Gasteiger partial charge in [-0.05, 0) is 47.9 Å². The predicted molar refractivity (Wildman–Crippen MR) is 107 cm³/mol. The van der Waals surface area contributed by atoms with Crippen LogP contribution in [0.1, 0.15) is 27.2 Å². The Balaban J connectivity index is 0.000000353. The number of carbonyl (C=O) groups excluding carboxylic acids is 1. The molecule has 2 saturated heterocycles. The standard InChI is InChI=1S/C18H21N3OS.C2H2O4/c1-13-7-17(23-12-13)18(22)21-6-4-15-10-20(11-16(15)21)9-14-3-2-5-19-8-14;3-1(4)2(5)6/h2-3,5,7-8,12,15-16H,4,6,9-11H2,1H3;(H,3,4)(H,5,6)/t15-,16+;/m0./s1. The summed E-state index contributed by atoms with van der Waals surface area (Å²) in [5.41, 5.74) is 2.43. The van der Waals surface area contributed by atoms with E-state index in [0.717, 1.165) is 37.5 Å². The number of hydrogen-bond acceptors (Lipinski definition) is 6. The van der Waals surface area contributed by atoms with Gasteiger partial charge in [0.1, 0.15) is 0 Å². The van der Waals surface area contributed by atoms with Crippen LogP contribution in [0.15, 0.2) is 36.0 Å². The van der Waals surface area contributed by atoms with E-state index in [1.54, 1.807) is 11.3 Å². The molecule has 1 amide bonds. The molecule has 0 bridgehead atoms. The second-order valence-electron chi connectivity index (χ2n) is 7.27. The van der Waals surface area contributed by atoms with Gasteiger partial charge in [0.05, 0.1) is 4.88 Å². The molecule has 2 aliphatic heterocycles. The van der Waals surface area contributed by atoms with Crippen LogP contribution in [0.3, 0.4) is 0 Å². The average Bonchev–Trinajstić information content (AvgIpc) is 3.38. The molecule has 0 spiro atoms. The van der Waals surface area contributed by atoms with Gasteiger partial charge in [0.2, 0.25) is 0 Å². The van der Waals surface area contributed by atoms with E-state index in [9.17, 15) is 4.79 Å². The number of aromatic nitrogens is 1. The van der Waals surface area contributed by atoms with Crippen LogP contribution in [0.2, 0.25) is 0 Å². The van der Waals surface area contributed by atoms with E-state index in [0.29, 0.717) is 12.0 Å². The lowest BCUT2D eigenvalue weighted by Crippen LogP contribution is -2.39. The zero-order valence-electron chi connectivity index (χ0n) is 16.0. The number of pyridine rings is 1. The highest BCUT2D eigenvalue weighted by Gasteiger charge is 2.43. The minimum absolute atomic E-state index is 0.221. The smallest absolute Gasteiger partial charge is 0.414 e. The maximum Gasteiger partial charge on any atom is 0.414 e. The maximum atomic E-state index is 12.8. The van der Waals surface area contributed by atoms with Crippen LogP contribution in [0.25, 0.3) is 0 Å². The molecular formula is C20H23N3O5S. The molecule has 2 atom stereocenters. The molecular weight excluding hydrogens is 394 g/mol. The van der Waals surface area contributed by atoms with Gasteiger partial charge in [-0.1, -0.05) is 6.07 Å². The summed E-state index contributed by atoms with van der Waals surface area (Å²) in [5, 5.41) is 16.8. The second kappa shape index (κ2) is 9.15. The number of carboxylic acids is 2. The molecule has 8 nitrogen and oxygen atoms in total. The van der Waals surface area contributed by atoms with Crippen molar-refractivity contribution in [2.45, 2.75) is 25.9 Å². The van der Waals surface area contributed by atoms with Crippen LogP contribution in [-0.4, -0.2) is 68.5 Å². The molecule has 0 aliphatic carbocycles. The van der Waals surface area contributed by atoms with E-state index in [-0.39, 0.29) is 5.91 Å². The fourth-order valence-corrected chi connectivity index (χ4v) is 4.72. The van der Waals surface area contributed by atoms with Gasteiger partial charge in [-0.25, -0.2) is 9.59 Å². The Hall–Kier alpha value is -2.78. The number of hydrogen-bond donors (Lipinski definition) is 2. The van der Waals surface area contributed by atoms with Crippen molar-refractivity contribution < 1.29 is 24.6 Å². The Morgan fingerprint density at radius 3 is 2.59 bits per heavy atom. The van der Waals surface area contributed by atoms with Crippen LogP contribution in [0.5, 0.6) is 0 Å². The van der Waals surface area contributed by atoms with Gasteiger partial charge in [-0.2, -0.15) is 0 Å². The highest BCUT2D eigenvalue weighted by Crippen LogP contribution is 2.33. The summed E-state index contributed by atoms with van der Waals surface area (Å²) < 4.78 is 0. The molecule has 0 unspecified atom stereocenters. The Bertz CT molecular complexity index is 873. The van der Waals surface area contributed by atoms with Crippen molar-refractivity contribution in [3.63, 3.8) is 0 Å². The normalized spacial score (nSPS) is 20.7. The van der Waals surface area contributed by atoms with Gasteiger partial charge in [0.15, 0.2) is 0 Å². The van der Waals surface area contributed by atoms with Gasteiger partial charge in [0, 0.05) is 44.6 Å². The number of amides is 1. The lowest BCUT2D eigenvalue weighted by Gasteiger charge is -2.24. The first kappa shape index (κ1) is 20.9. The Morgan fingerprint density at radius 1 is 1.24 bits per heavy atom. The van der Waals surface area contributed by atoms with E-state index >= 15 is 0 Å². The van der Waals surface area contributed by atoms with Crippen LogP contribution in [-0.2, 0) is 16.1 Å². The van der Waals surface area contributed by atoms with Crippen molar-refractivity contribution in [1.29, 1.82) is 0 Å². The lowest BCUT2D eigenvalue weighted by molar-refractivity contribution is -0.159. The van der Waals surface area contributed by atoms with E-state index in [2.05, 4.69) is 26.2 Å². The van der Waals surface area contributed by atoms with Crippen LogP contribution in [0.4, 0.5) is 0 Å². The van der Waals surface area contributed by atoms with E-state index < -0.39 is 11.9 Å². The number of likely N-dealkylation sites (tertiary alicyclic amines) is 2. The third-order valence-corrected chi connectivity index (χ3v) is 6.17. The summed E-state index contributed by atoms with van der Waals surface area (Å²) in [6.45, 7) is 5.96. The molecule has 4 heterocycles. The van der Waals surface area contributed by atoms with Crippen molar-refractivity contribution in [1.82, 2.24) is 14.8 Å². The van der Waals surface area contributed by atoms with Gasteiger partial charge < -0.3 is 15.1 Å². The highest BCUT2D eigenvalue weighted by molar-refractivity contribution is 7.12. The summed E-state index contributed by atoms with van der Waals surface area (Å²) in [6, 6.07) is 6.50. The molecule has 9 heteroatoms. The topological polar surface area (TPSA) is 111 Å². The molecule has 4 rings (SSSR count).